The molecule has 1 saturated heterocycles. The predicted octanol–water partition coefficient (Wildman–Crippen LogP) is -0.305. The van der Waals surface area contributed by atoms with Gasteiger partial charge in [-0.3, -0.25) is 0 Å². The summed E-state index contributed by atoms with van der Waals surface area (Å²) in [6, 6.07) is 1.29. The van der Waals surface area contributed by atoms with Gasteiger partial charge in [0, 0.05) is 12.1 Å². The Hall–Kier alpha value is -0.0800. The second kappa shape index (κ2) is 1.45. The monoisotopic (exact) mass is 112 g/mol. The molecule has 0 aromatic rings. The number of nitrogens with one attached hydrogen (secondary N) is 1. The number of hydrogen-bond donors (Lipinski definition) is 2. The molecule has 0 spiro atoms. The van der Waals surface area contributed by atoms with E-state index in [4.69, 9.17) is 5.73 Å². The smallest absolute Gasteiger partial charge is 0.00946 e. The van der Waals surface area contributed by atoms with Crippen molar-refractivity contribution in [1.29, 1.82) is 0 Å². The van der Waals surface area contributed by atoms with Crippen LogP contribution in [0, 0.1) is 5.92 Å². The second-order valence-electron chi connectivity index (χ2n) is 3.00. The van der Waals surface area contributed by atoms with Gasteiger partial charge in [0.15, 0.2) is 0 Å². The van der Waals surface area contributed by atoms with Crippen LogP contribution in [0.1, 0.15) is 12.8 Å². The van der Waals surface area contributed by atoms with Gasteiger partial charge in [-0.25, -0.2) is 0 Å². The zero-order chi connectivity index (χ0) is 5.56. The first-order valence-electron chi connectivity index (χ1n) is 3.35. The van der Waals surface area contributed by atoms with E-state index in [9.17, 15) is 0 Å². The van der Waals surface area contributed by atoms with E-state index in [0.717, 1.165) is 12.0 Å². The van der Waals surface area contributed by atoms with E-state index in [1.54, 1.807) is 0 Å². The second-order valence-corrected chi connectivity index (χ2v) is 3.00. The number of hydrogen-bond acceptors (Lipinski definition) is 2. The van der Waals surface area contributed by atoms with Crippen LogP contribution in [0.15, 0.2) is 0 Å². The van der Waals surface area contributed by atoms with Crippen LogP contribution in [0.25, 0.3) is 0 Å². The molecular weight excluding hydrogens is 100 g/mol. The molecule has 2 rings (SSSR count). The highest BCUT2D eigenvalue weighted by molar-refractivity contribution is 4.96. The molecule has 0 aromatic carbocycles. The third-order valence-corrected chi connectivity index (χ3v) is 2.42. The molecule has 1 heterocycles. The molecule has 1 unspecified atom stereocenters. The average Bonchev–Trinajstić information content (AvgIpc) is 2.23. The summed E-state index contributed by atoms with van der Waals surface area (Å²) >= 11 is 0. The van der Waals surface area contributed by atoms with Crippen molar-refractivity contribution in [3.63, 3.8) is 0 Å². The Kier molecular flexibility index (Phi) is 0.866. The molecule has 3 atom stereocenters. The van der Waals surface area contributed by atoms with Gasteiger partial charge in [-0.1, -0.05) is 0 Å². The highest BCUT2D eigenvalue weighted by Crippen LogP contribution is 2.29. The van der Waals surface area contributed by atoms with E-state index in [2.05, 4.69) is 5.32 Å². The minimum Gasteiger partial charge on any atom is -0.327 e. The van der Waals surface area contributed by atoms with Gasteiger partial charge in [0.05, 0.1) is 0 Å². The normalized spacial score (nSPS) is 52.9. The summed E-state index contributed by atoms with van der Waals surface area (Å²) in [5.74, 6) is 0.806. The van der Waals surface area contributed by atoms with Gasteiger partial charge >= 0.3 is 0 Å². The Morgan fingerprint density at radius 1 is 1.38 bits per heavy atom. The van der Waals surface area contributed by atoms with Crippen molar-refractivity contribution in [1.82, 2.24) is 5.32 Å². The molecule has 1 saturated carbocycles. The maximum absolute atomic E-state index is 5.78. The Morgan fingerprint density at radius 3 is 2.50 bits per heavy atom. The summed E-state index contributed by atoms with van der Waals surface area (Å²) in [4.78, 5) is 0. The molecule has 0 amide bonds. The van der Waals surface area contributed by atoms with Crippen molar-refractivity contribution in [2.75, 3.05) is 6.54 Å². The average molecular weight is 112 g/mol. The number of nitrogens with two attached hydrogens (primary N) is 1. The van der Waals surface area contributed by atoms with Gasteiger partial charge in [0.1, 0.15) is 0 Å². The van der Waals surface area contributed by atoms with Crippen LogP contribution in [0.2, 0.25) is 0 Å². The summed E-state index contributed by atoms with van der Waals surface area (Å²) in [7, 11) is 0. The zero-order valence-corrected chi connectivity index (χ0v) is 4.93. The first kappa shape index (κ1) is 4.77. The number of piperidine rings is 1. The molecule has 1 aliphatic carbocycles. The van der Waals surface area contributed by atoms with Crippen molar-refractivity contribution in [2.24, 2.45) is 11.7 Å². The van der Waals surface area contributed by atoms with Crippen LogP contribution >= 0.6 is 0 Å². The SMILES string of the molecule is N[C@@H]1CC2C[C@@H]1CN2. The minimum atomic E-state index is 0.515. The predicted molar refractivity (Wildman–Crippen MR) is 32.5 cm³/mol. The Bertz CT molecular complexity index is 101. The summed E-state index contributed by atoms with van der Waals surface area (Å²) < 4.78 is 0. The molecule has 2 aliphatic rings. The maximum atomic E-state index is 5.78. The van der Waals surface area contributed by atoms with E-state index in [1.165, 1.54) is 19.4 Å². The Morgan fingerprint density at radius 2 is 2.25 bits per heavy atom. The maximum Gasteiger partial charge on any atom is 0.00946 e. The van der Waals surface area contributed by atoms with Crippen molar-refractivity contribution in [3.8, 4) is 0 Å². The van der Waals surface area contributed by atoms with Gasteiger partial charge < -0.3 is 11.1 Å². The molecule has 2 fully saturated rings. The molecule has 2 heteroatoms. The lowest BCUT2D eigenvalue weighted by Gasteiger charge is -2.16. The zero-order valence-electron chi connectivity index (χ0n) is 4.93. The van der Waals surface area contributed by atoms with Crippen molar-refractivity contribution >= 4 is 0 Å². The van der Waals surface area contributed by atoms with Gasteiger partial charge in [0.25, 0.3) is 0 Å². The molecule has 46 valence electrons. The molecule has 8 heavy (non-hydrogen) atoms. The lowest BCUT2D eigenvalue weighted by Crippen LogP contribution is -2.37. The number of fused-ring (bicyclic) bond motifs is 2. The van der Waals surface area contributed by atoms with E-state index in [0.29, 0.717) is 6.04 Å². The minimum absolute atomic E-state index is 0.515. The van der Waals surface area contributed by atoms with Gasteiger partial charge in [-0.05, 0) is 25.3 Å². The molecular formula is C6H12N2. The quantitative estimate of drug-likeness (QED) is 0.451. The Labute approximate surface area is 49.4 Å². The molecule has 2 bridgehead atoms. The van der Waals surface area contributed by atoms with E-state index in [-0.39, 0.29) is 0 Å². The highest BCUT2D eigenvalue weighted by atomic mass is 15.0. The van der Waals surface area contributed by atoms with Crippen molar-refractivity contribution in [3.05, 3.63) is 0 Å². The first-order chi connectivity index (χ1) is 3.86. The van der Waals surface area contributed by atoms with E-state index < -0.39 is 0 Å². The number of rotatable bonds is 0. The van der Waals surface area contributed by atoms with E-state index in [1.807, 2.05) is 0 Å². The van der Waals surface area contributed by atoms with Gasteiger partial charge in [0.2, 0.25) is 0 Å². The van der Waals surface area contributed by atoms with Crippen LogP contribution in [0.5, 0.6) is 0 Å². The summed E-state index contributed by atoms with van der Waals surface area (Å²) in [5.41, 5.74) is 5.78. The third-order valence-electron chi connectivity index (χ3n) is 2.42. The van der Waals surface area contributed by atoms with Crippen molar-refractivity contribution in [2.45, 2.75) is 24.9 Å². The van der Waals surface area contributed by atoms with Crippen LogP contribution in [-0.4, -0.2) is 18.6 Å². The van der Waals surface area contributed by atoms with E-state index >= 15 is 0 Å². The van der Waals surface area contributed by atoms with Crippen LogP contribution in [0.3, 0.4) is 0 Å². The third kappa shape index (κ3) is 0.501. The molecule has 1 aliphatic heterocycles. The fraction of sp³-hybridized carbons (Fsp3) is 1.00. The van der Waals surface area contributed by atoms with Crippen LogP contribution in [0.4, 0.5) is 0 Å². The molecule has 2 nitrogen and oxygen atoms in total. The summed E-state index contributed by atoms with van der Waals surface area (Å²) in [6.45, 7) is 1.17. The largest absolute Gasteiger partial charge is 0.327 e. The fourth-order valence-electron chi connectivity index (χ4n) is 1.88. The van der Waals surface area contributed by atoms with Gasteiger partial charge in [-0.2, -0.15) is 0 Å². The molecule has 0 radical (unpaired) electrons. The molecule has 0 aromatic heterocycles. The van der Waals surface area contributed by atoms with Crippen LogP contribution < -0.4 is 11.1 Å². The highest BCUT2D eigenvalue weighted by Gasteiger charge is 2.36. The Balaban J connectivity index is 2.11. The molecule has 3 N–H and O–H groups in total. The van der Waals surface area contributed by atoms with Crippen LogP contribution in [-0.2, 0) is 0 Å². The summed E-state index contributed by atoms with van der Waals surface area (Å²) in [5, 5.41) is 3.41. The van der Waals surface area contributed by atoms with Gasteiger partial charge in [-0.15, -0.1) is 0 Å². The first-order valence-corrected chi connectivity index (χ1v) is 3.35. The summed E-state index contributed by atoms with van der Waals surface area (Å²) in [6.07, 6.45) is 2.55. The lowest BCUT2D eigenvalue weighted by atomic mass is 10.1. The topological polar surface area (TPSA) is 38.0 Å². The standard InChI is InChI=1S/C6H12N2/c7-6-2-5-1-4(6)3-8-5/h4-6,8H,1-3,7H2/t4-,5?,6-/m1/s1. The lowest BCUT2D eigenvalue weighted by molar-refractivity contribution is 0.439. The van der Waals surface area contributed by atoms with Crippen molar-refractivity contribution < 1.29 is 0 Å². The fourth-order valence-corrected chi connectivity index (χ4v) is 1.88.